The van der Waals surface area contributed by atoms with Gasteiger partial charge in [0.05, 0.1) is 0 Å². The third-order valence-corrected chi connectivity index (χ3v) is 5.62. The van der Waals surface area contributed by atoms with E-state index in [1.165, 1.54) is 15.9 Å². The van der Waals surface area contributed by atoms with Crippen molar-refractivity contribution in [3.8, 4) is 0 Å². The normalized spacial score (nSPS) is 20.2. The largest absolute Gasteiger partial charge is 0.361 e. The van der Waals surface area contributed by atoms with E-state index in [0.29, 0.717) is 22.9 Å². The van der Waals surface area contributed by atoms with Crippen molar-refractivity contribution in [2.75, 3.05) is 14.1 Å². The Hall–Kier alpha value is -3.15. The van der Waals surface area contributed by atoms with Crippen molar-refractivity contribution in [2.24, 2.45) is 0 Å². The Balaban J connectivity index is 1.60. The number of carbonyl (C=O) groups excluding carboxylic acids is 2. The topological polar surface area (TPSA) is 56.4 Å². The summed E-state index contributed by atoms with van der Waals surface area (Å²) >= 11 is 0. The van der Waals surface area contributed by atoms with Gasteiger partial charge in [-0.3, -0.25) is 9.59 Å². The van der Waals surface area contributed by atoms with E-state index in [1.54, 1.807) is 32.4 Å². The van der Waals surface area contributed by atoms with Crippen LogP contribution in [0.25, 0.3) is 10.9 Å². The third kappa shape index (κ3) is 3.05. The van der Waals surface area contributed by atoms with Crippen LogP contribution >= 0.6 is 0 Å². The molecule has 3 aromatic rings. The molecule has 2 atom stereocenters. The maximum absolute atomic E-state index is 14.3. The summed E-state index contributed by atoms with van der Waals surface area (Å²) in [6, 6.07) is 13.3. The Kier molecular flexibility index (Phi) is 4.63. The van der Waals surface area contributed by atoms with Crippen molar-refractivity contribution < 1.29 is 14.0 Å². The molecule has 1 saturated heterocycles. The zero-order valence-electron chi connectivity index (χ0n) is 15.9. The molecule has 2 aromatic carbocycles. The molecular formula is C22H22FN3O2. The minimum atomic E-state index is -0.650. The molecule has 1 aliphatic heterocycles. The third-order valence-electron chi connectivity index (χ3n) is 5.62. The van der Waals surface area contributed by atoms with E-state index < -0.39 is 12.1 Å². The van der Waals surface area contributed by atoms with E-state index in [9.17, 15) is 14.0 Å². The number of H-pyrrole nitrogens is 1. The van der Waals surface area contributed by atoms with Gasteiger partial charge in [0.1, 0.15) is 17.9 Å². The number of piperazine rings is 1. The van der Waals surface area contributed by atoms with Crippen molar-refractivity contribution in [1.29, 1.82) is 0 Å². The number of aromatic nitrogens is 1. The Morgan fingerprint density at radius 3 is 2.21 bits per heavy atom. The van der Waals surface area contributed by atoms with E-state index in [-0.39, 0.29) is 24.1 Å². The van der Waals surface area contributed by atoms with E-state index in [0.717, 1.165) is 5.56 Å². The van der Waals surface area contributed by atoms with E-state index in [2.05, 4.69) is 4.98 Å². The fourth-order valence-electron chi connectivity index (χ4n) is 3.97. The second-order valence-corrected chi connectivity index (χ2v) is 7.30. The van der Waals surface area contributed by atoms with Crippen LogP contribution in [-0.2, 0) is 22.4 Å². The number of rotatable bonds is 4. The highest BCUT2D eigenvalue weighted by molar-refractivity contribution is 5.97. The summed E-state index contributed by atoms with van der Waals surface area (Å²) in [7, 11) is 3.32. The molecule has 0 bridgehead atoms. The summed E-state index contributed by atoms with van der Waals surface area (Å²) in [6.45, 7) is 0. The van der Waals surface area contributed by atoms with Gasteiger partial charge >= 0.3 is 0 Å². The molecule has 0 spiro atoms. The van der Waals surface area contributed by atoms with Crippen LogP contribution in [0.3, 0.4) is 0 Å². The van der Waals surface area contributed by atoms with Crippen LogP contribution in [0.4, 0.5) is 4.39 Å². The number of aromatic amines is 1. The van der Waals surface area contributed by atoms with Gasteiger partial charge in [-0.1, -0.05) is 36.4 Å². The highest BCUT2D eigenvalue weighted by atomic mass is 19.1. The van der Waals surface area contributed by atoms with Crippen LogP contribution in [0.1, 0.15) is 11.1 Å². The molecule has 0 aliphatic carbocycles. The number of halogens is 1. The summed E-state index contributed by atoms with van der Waals surface area (Å²) in [5, 5.41) is 0.477. The average Bonchev–Trinajstić information content (AvgIpc) is 3.12. The molecule has 1 fully saturated rings. The molecule has 1 aromatic heterocycles. The maximum atomic E-state index is 14.3. The number of hydrogen-bond donors (Lipinski definition) is 1. The van der Waals surface area contributed by atoms with Crippen molar-refractivity contribution in [3.05, 3.63) is 71.7 Å². The van der Waals surface area contributed by atoms with Crippen molar-refractivity contribution in [2.45, 2.75) is 24.9 Å². The van der Waals surface area contributed by atoms with Gasteiger partial charge in [0.15, 0.2) is 0 Å². The van der Waals surface area contributed by atoms with Gasteiger partial charge in [-0.25, -0.2) is 4.39 Å². The van der Waals surface area contributed by atoms with Gasteiger partial charge in [-0.05, 0) is 23.3 Å². The number of carbonyl (C=O) groups is 2. The number of hydrogen-bond acceptors (Lipinski definition) is 2. The van der Waals surface area contributed by atoms with Crippen LogP contribution in [0.15, 0.2) is 54.7 Å². The van der Waals surface area contributed by atoms with Crippen LogP contribution < -0.4 is 0 Å². The molecule has 144 valence electrons. The van der Waals surface area contributed by atoms with Gasteiger partial charge < -0.3 is 14.8 Å². The Bertz CT molecular complexity index is 1030. The quantitative estimate of drug-likeness (QED) is 0.758. The molecule has 1 N–H and O–H groups in total. The van der Waals surface area contributed by atoms with Crippen molar-refractivity contribution in [1.82, 2.24) is 14.8 Å². The van der Waals surface area contributed by atoms with Crippen LogP contribution in [0.2, 0.25) is 0 Å². The lowest BCUT2D eigenvalue weighted by Gasteiger charge is -2.42. The Morgan fingerprint density at radius 1 is 0.893 bits per heavy atom. The average molecular weight is 379 g/mol. The van der Waals surface area contributed by atoms with E-state index in [1.807, 2.05) is 30.3 Å². The maximum Gasteiger partial charge on any atom is 0.246 e. The smallest absolute Gasteiger partial charge is 0.246 e. The molecule has 2 heterocycles. The minimum absolute atomic E-state index is 0.101. The van der Waals surface area contributed by atoms with Gasteiger partial charge in [-0.2, -0.15) is 0 Å². The number of fused-ring (bicyclic) bond motifs is 1. The molecule has 4 rings (SSSR count). The Morgan fingerprint density at radius 2 is 1.54 bits per heavy atom. The van der Waals surface area contributed by atoms with Gasteiger partial charge in [0.25, 0.3) is 0 Å². The summed E-state index contributed by atoms with van der Waals surface area (Å²) in [5.41, 5.74) is 2.38. The second-order valence-electron chi connectivity index (χ2n) is 7.30. The fourth-order valence-corrected chi connectivity index (χ4v) is 3.97. The van der Waals surface area contributed by atoms with E-state index in [4.69, 9.17) is 0 Å². The predicted octanol–water partition coefficient (Wildman–Crippen LogP) is 2.76. The fraction of sp³-hybridized carbons (Fsp3) is 0.273. The predicted molar refractivity (Wildman–Crippen MR) is 105 cm³/mol. The number of amides is 2. The highest BCUT2D eigenvalue weighted by Gasteiger charge is 2.42. The van der Waals surface area contributed by atoms with Crippen molar-refractivity contribution in [3.63, 3.8) is 0 Å². The van der Waals surface area contributed by atoms with Crippen molar-refractivity contribution >= 4 is 22.7 Å². The monoisotopic (exact) mass is 379 g/mol. The molecule has 0 saturated carbocycles. The lowest BCUT2D eigenvalue weighted by atomic mass is 9.95. The van der Waals surface area contributed by atoms with Crippen LogP contribution in [0, 0.1) is 5.82 Å². The highest BCUT2D eigenvalue weighted by Crippen LogP contribution is 2.26. The molecule has 1 aliphatic rings. The number of likely N-dealkylation sites (N-methyl/N-ethyl adjacent to an activating group) is 2. The second kappa shape index (κ2) is 7.11. The first-order valence-corrected chi connectivity index (χ1v) is 9.29. The minimum Gasteiger partial charge on any atom is -0.361 e. The zero-order valence-corrected chi connectivity index (χ0v) is 15.9. The van der Waals surface area contributed by atoms with Gasteiger partial charge in [0, 0.05) is 44.0 Å². The Labute approximate surface area is 162 Å². The molecule has 0 radical (unpaired) electrons. The molecule has 2 amide bonds. The number of nitrogens with one attached hydrogen (secondary N) is 1. The zero-order chi connectivity index (χ0) is 19.8. The van der Waals surface area contributed by atoms with Gasteiger partial charge in [0.2, 0.25) is 11.8 Å². The molecular weight excluding hydrogens is 357 g/mol. The molecule has 0 unspecified atom stereocenters. The summed E-state index contributed by atoms with van der Waals surface area (Å²) in [6.07, 6.45) is 2.46. The molecule has 28 heavy (non-hydrogen) atoms. The molecule has 5 nitrogen and oxygen atoms in total. The lowest BCUT2D eigenvalue weighted by Crippen LogP contribution is -2.63. The first-order valence-electron chi connectivity index (χ1n) is 9.29. The van der Waals surface area contributed by atoms with E-state index >= 15 is 0 Å². The standard InChI is InChI=1S/C22H22FN3O2/c1-25-18(11-14-7-4-3-5-8-14)21(27)26(2)19(22(25)28)12-15-13-24-17-10-6-9-16(23)20(15)17/h3-10,13,18-19,24H,11-12H2,1-2H3/t18-,19-/m0/s1. The summed E-state index contributed by atoms with van der Waals surface area (Å²) < 4.78 is 14.3. The summed E-state index contributed by atoms with van der Waals surface area (Å²) in [5.74, 6) is -0.564. The number of nitrogens with zero attached hydrogens (tertiary/aromatic N) is 2. The van der Waals surface area contributed by atoms with Crippen LogP contribution in [-0.4, -0.2) is 52.8 Å². The summed E-state index contributed by atoms with van der Waals surface area (Å²) in [4.78, 5) is 32.1. The van der Waals surface area contributed by atoms with Crippen LogP contribution in [0.5, 0.6) is 0 Å². The first-order chi connectivity index (χ1) is 13.5. The SMILES string of the molecule is CN1C(=O)[C@H](Cc2c[nH]c3cccc(F)c23)N(C)C(=O)[C@@H]1Cc1ccccc1. The molecule has 6 heteroatoms. The lowest BCUT2D eigenvalue weighted by molar-refractivity contribution is -0.158. The first kappa shape index (κ1) is 18.2. The number of benzene rings is 2. The van der Waals surface area contributed by atoms with Gasteiger partial charge in [-0.15, -0.1) is 0 Å².